The zero-order chi connectivity index (χ0) is 14.8. The predicted molar refractivity (Wildman–Crippen MR) is 85.0 cm³/mol. The molecule has 0 atom stereocenters. The molecule has 0 saturated carbocycles. The van der Waals surface area contributed by atoms with E-state index >= 15 is 0 Å². The SMILES string of the molecule is CSc1cccc(NC(=O)c2ccc3c(c2)NC(=O)C3)c1. The minimum atomic E-state index is -0.183. The zero-order valence-corrected chi connectivity index (χ0v) is 12.3. The second kappa shape index (κ2) is 5.61. The van der Waals surface area contributed by atoms with Gasteiger partial charge in [-0.3, -0.25) is 9.59 Å². The lowest BCUT2D eigenvalue weighted by Gasteiger charge is -2.08. The van der Waals surface area contributed by atoms with E-state index in [-0.39, 0.29) is 11.8 Å². The molecule has 1 heterocycles. The molecule has 21 heavy (non-hydrogen) atoms. The van der Waals surface area contributed by atoms with E-state index in [1.807, 2.05) is 36.6 Å². The van der Waals surface area contributed by atoms with Gasteiger partial charge in [-0.15, -0.1) is 11.8 Å². The van der Waals surface area contributed by atoms with Crippen molar-refractivity contribution in [3.63, 3.8) is 0 Å². The molecule has 1 aliphatic rings. The van der Waals surface area contributed by atoms with Gasteiger partial charge in [0.25, 0.3) is 5.91 Å². The molecule has 4 nitrogen and oxygen atoms in total. The van der Waals surface area contributed by atoms with E-state index in [4.69, 9.17) is 0 Å². The van der Waals surface area contributed by atoms with Crippen molar-refractivity contribution in [2.75, 3.05) is 16.9 Å². The third-order valence-corrected chi connectivity index (χ3v) is 4.05. The summed E-state index contributed by atoms with van der Waals surface area (Å²) in [5.74, 6) is -0.215. The summed E-state index contributed by atoms with van der Waals surface area (Å²) in [6.45, 7) is 0. The highest BCUT2D eigenvalue weighted by Crippen LogP contribution is 2.25. The van der Waals surface area contributed by atoms with E-state index in [1.54, 1.807) is 23.9 Å². The van der Waals surface area contributed by atoms with Gasteiger partial charge in [-0.1, -0.05) is 12.1 Å². The summed E-state index contributed by atoms with van der Waals surface area (Å²) in [6.07, 6.45) is 2.37. The summed E-state index contributed by atoms with van der Waals surface area (Å²) >= 11 is 1.62. The number of benzene rings is 2. The van der Waals surface area contributed by atoms with Crippen molar-refractivity contribution in [3.05, 3.63) is 53.6 Å². The van der Waals surface area contributed by atoms with Gasteiger partial charge in [0.05, 0.1) is 6.42 Å². The summed E-state index contributed by atoms with van der Waals surface area (Å²) in [5, 5.41) is 5.62. The van der Waals surface area contributed by atoms with Crippen LogP contribution in [0.25, 0.3) is 0 Å². The van der Waals surface area contributed by atoms with Crippen molar-refractivity contribution in [1.29, 1.82) is 0 Å². The van der Waals surface area contributed by atoms with Gasteiger partial charge in [0, 0.05) is 21.8 Å². The number of fused-ring (bicyclic) bond motifs is 1. The molecule has 2 aromatic rings. The smallest absolute Gasteiger partial charge is 0.255 e. The Morgan fingerprint density at radius 3 is 2.90 bits per heavy atom. The first-order chi connectivity index (χ1) is 10.2. The molecule has 106 valence electrons. The Bertz CT molecular complexity index is 728. The molecular weight excluding hydrogens is 284 g/mol. The molecule has 5 heteroatoms. The fraction of sp³-hybridized carbons (Fsp3) is 0.125. The number of carbonyl (C=O) groups excluding carboxylic acids is 2. The van der Waals surface area contributed by atoms with Crippen molar-refractivity contribution < 1.29 is 9.59 Å². The molecule has 0 unspecified atom stereocenters. The van der Waals surface area contributed by atoms with Crippen molar-refractivity contribution in [1.82, 2.24) is 0 Å². The Hall–Kier alpha value is -2.27. The van der Waals surface area contributed by atoms with E-state index in [0.29, 0.717) is 12.0 Å². The minimum absolute atomic E-state index is 0.0322. The highest BCUT2D eigenvalue weighted by molar-refractivity contribution is 7.98. The first-order valence-corrected chi connectivity index (χ1v) is 7.76. The summed E-state index contributed by atoms with van der Waals surface area (Å²) < 4.78 is 0. The number of rotatable bonds is 3. The molecule has 3 rings (SSSR count). The lowest BCUT2D eigenvalue weighted by molar-refractivity contribution is -0.115. The number of thioether (sulfide) groups is 1. The lowest BCUT2D eigenvalue weighted by Crippen LogP contribution is -2.12. The highest BCUT2D eigenvalue weighted by atomic mass is 32.2. The van der Waals surface area contributed by atoms with Gasteiger partial charge in [0.15, 0.2) is 0 Å². The van der Waals surface area contributed by atoms with Gasteiger partial charge in [0.2, 0.25) is 5.91 Å². The second-order valence-corrected chi connectivity index (χ2v) is 5.66. The zero-order valence-electron chi connectivity index (χ0n) is 11.5. The molecule has 2 aromatic carbocycles. The number of amides is 2. The third-order valence-electron chi connectivity index (χ3n) is 3.32. The standard InChI is InChI=1S/C16H14N2O2S/c1-21-13-4-2-3-12(9-13)17-16(20)11-6-5-10-8-15(19)18-14(10)7-11/h2-7,9H,8H2,1H3,(H,17,20)(H,18,19). The molecule has 0 aromatic heterocycles. The number of anilines is 2. The molecule has 0 radical (unpaired) electrons. The van der Waals surface area contributed by atoms with Crippen LogP contribution in [0.1, 0.15) is 15.9 Å². The van der Waals surface area contributed by atoms with Crippen molar-refractivity contribution in [3.8, 4) is 0 Å². The molecule has 1 aliphatic heterocycles. The van der Waals surface area contributed by atoms with Gasteiger partial charge in [-0.2, -0.15) is 0 Å². The Balaban J connectivity index is 1.79. The maximum atomic E-state index is 12.3. The topological polar surface area (TPSA) is 58.2 Å². The van der Waals surface area contributed by atoms with Crippen molar-refractivity contribution in [2.45, 2.75) is 11.3 Å². The van der Waals surface area contributed by atoms with Crippen LogP contribution in [0.5, 0.6) is 0 Å². The second-order valence-electron chi connectivity index (χ2n) is 4.78. The summed E-state index contributed by atoms with van der Waals surface area (Å²) in [5.41, 5.74) is 2.95. The predicted octanol–water partition coefficient (Wildman–Crippen LogP) is 3.16. The van der Waals surface area contributed by atoms with E-state index in [1.165, 1.54) is 0 Å². The Morgan fingerprint density at radius 2 is 2.10 bits per heavy atom. The summed E-state index contributed by atoms with van der Waals surface area (Å²) in [6, 6.07) is 13.0. The fourth-order valence-electron chi connectivity index (χ4n) is 2.26. The van der Waals surface area contributed by atoms with Crippen LogP contribution in [0.4, 0.5) is 11.4 Å². The number of nitrogens with one attached hydrogen (secondary N) is 2. The van der Waals surface area contributed by atoms with Gasteiger partial charge < -0.3 is 10.6 Å². The van der Waals surface area contributed by atoms with Crippen LogP contribution in [-0.4, -0.2) is 18.1 Å². The van der Waals surface area contributed by atoms with Crippen LogP contribution < -0.4 is 10.6 Å². The van der Waals surface area contributed by atoms with Crippen molar-refractivity contribution >= 4 is 35.0 Å². The van der Waals surface area contributed by atoms with Crippen LogP contribution in [-0.2, 0) is 11.2 Å². The number of hydrogen-bond acceptors (Lipinski definition) is 3. The van der Waals surface area contributed by atoms with Crippen LogP contribution in [0, 0.1) is 0 Å². The Labute approximate surface area is 126 Å². The third kappa shape index (κ3) is 2.92. The Kier molecular flexibility index (Phi) is 3.66. The maximum Gasteiger partial charge on any atom is 0.255 e. The minimum Gasteiger partial charge on any atom is -0.326 e. The first kappa shape index (κ1) is 13.7. The quantitative estimate of drug-likeness (QED) is 0.856. The van der Waals surface area contributed by atoms with E-state index in [2.05, 4.69) is 10.6 Å². The monoisotopic (exact) mass is 298 g/mol. The maximum absolute atomic E-state index is 12.3. The molecule has 0 fully saturated rings. The number of hydrogen-bond donors (Lipinski definition) is 2. The average Bonchev–Trinajstić information content (AvgIpc) is 2.86. The molecule has 0 bridgehead atoms. The highest BCUT2D eigenvalue weighted by Gasteiger charge is 2.19. The van der Waals surface area contributed by atoms with Crippen molar-refractivity contribution in [2.24, 2.45) is 0 Å². The normalized spacial score (nSPS) is 12.7. The molecule has 0 aliphatic carbocycles. The van der Waals surface area contributed by atoms with Gasteiger partial charge in [-0.05, 0) is 42.2 Å². The summed E-state index contributed by atoms with van der Waals surface area (Å²) in [7, 11) is 0. The largest absolute Gasteiger partial charge is 0.326 e. The molecular formula is C16H14N2O2S. The number of carbonyl (C=O) groups is 2. The van der Waals surface area contributed by atoms with E-state index in [0.717, 1.165) is 21.8 Å². The van der Waals surface area contributed by atoms with E-state index in [9.17, 15) is 9.59 Å². The fourth-order valence-corrected chi connectivity index (χ4v) is 2.72. The Morgan fingerprint density at radius 1 is 1.24 bits per heavy atom. The van der Waals surface area contributed by atoms with Gasteiger partial charge in [0.1, 0.15) is 0 Å². The lowest BCUT2D eigenvalue weighted by atomic mass is 10.1. The van der Waals surface area contributed by atoms with Crippen LogP contribution in [0.3, 0.4) is 0 Å². The molecule has 2 amide bonds. The molecule has 0 spiro atoms. The molecule has 0 saturated heterocycles. The van der Waals surface area contributed by atoms with Crippen LogP contribution >= 0.6 is 11.8 Å². The first-order valence-electron chi connectivity index (χ1n) is 6.54. The molecule has 2 N–H and O–H groups in total. The van der Waals surface area contributed by atoms with E-state index < -0.39 is 0 Å². The average molecular weight is 298 g/mol. The van der Waals surface area contributed by atoms with Crippen LogP contribution in [0.15, 0.2) is 47.4 Å². The summed E-state index contributed by atoms with van der Waals surface area (Å²) in [4.78, 5) is 24.7. The van der Waals surface area contributed by atoms with Gasteiger partial charge >= 0.3 is 0 Å². The van der Waals surface area contributed by atoms with Crippen LogP contribution in [0.2, 0.25) is 0 Å². The van der Waals surface area contributed by atoms with Gasteiger partial charge in [-0.25, -0.2) is 0 Å².